The van der Waals surface area contributed by atoms with E-state index in [1.54, 1.807) is 0 Å². The van der Waals surface area contributed by atoms with Crippen LogP contribution in [-0.4, -0.2) is 15.6 Å². The number of nitrogens with one attached hydrogen (secondary N) is 1. The van der Waals surface area contributed by atoms with E-state index in [-0.39, 0.29) is 0 Å². The Labute approximate surface area is 116 Å². The van der Waals surface area contributed by atoms with Gasteiger partial charge in [0, 0.05) is 24.5 Å². The molecule has 2 aliphatic rings. The van der Waals surface area contributed by atoms with Crippen molar-refractivity contribution in [1.29, 1.82) is 0 Å². The second-order valence-corrected chi connectivity index (χ2v) is 6.28. The second kappa shape index (κ2) is 6.44. The summed E-state index contributed by atoms with van der Waals surface area (Å²) >= 11 is 0. The van der Waals surface area contributed by atoms with Crippen LogP contribution in [0, 0.1) is 0 Å². The molecule has 1 aromatic heterocycles. The predicted molar refractivity (Wildman–Crippen MR) is 79.5 cm³/mol. The Kier molecular flexibility index (Phi) is 4.41. The molecule has 2 saturated carbocycles. The molecule has 1 aromatic rings. The highest BCUT2D eigenvalue weighted by molar-refractivity contribution is 5.28. The summed E-state index contributed by atoms with van der Waals surface area (Å²) in [6.07, 6.45) is 19.2. The maximum atomic E-state index is 4.56. The van der Waals surface area contributed by atoms with Gasteiger partial charge in [-0.05, 0) is 25.7 Å². The van der Waals surface area contributed by atoms with Crippen LogP contribution in [0.4, 0.5) is 5.95 Å². The summed E-state index contributed by atoms with van der Waals surface area (Å²) in [5.74, 6) is 1.12. The Balaban J connectivity index is 1.66. The van der Waals surface area contributed by atoms with E-state index in [1.165, 1.54) is 70.6 Å². The lowest BCUT2D eigenvalue weighted by molar-refractivity contribution is 0.374. The molecule has 1 N–H and O–H groups in total. The monoisotopic (exact) mass is 261 g/mol. The molecule has 0 amide bonds. The van der Waals surface area contributed by atoms with Gasteiger partial charge in [0.25, 0.3) is 0 Å². The van der Waals surface area contributed by atoms with E-state index in [9.17, 15) is 0 Å². The van der Waals surface area contributed by atoms with Crippen LogP contribution in [0.5, 0.6) is 0 Å². The van der Waals surface area contributed by atoms with Crippen LogP contribution in [0.2, 0.25) is 0 Å². The lowest BCUT2D eigenvalue weighted by Gasteiger charge is -2.24. The van der Waals surface area contributed by atoms with Crippen LogP contribution in [0.25, 0.3) is 0 Å². The molecular weight excluding hydrogens is 234 g/mol. The third kappa shape index (κ3) is 3.31. The summed E-state index contributed by atoms with van der Waals surface area (Å²) < 4.78 is 2.42. The average Bonchev–Trinajstić information content (AvgIpc) is 3.01. The summed E-state index contributed by atoms with van der Waals surface area (Å²) in [5.41, 5.74) is 0. The van der Waals surface area contributed by atoms with Crippen molar-refractivity contribution in [2.45, 2.75) is 82.7 Å². The zero-order valence-corrected chi connectivity index (χ0v) is 12.0. The van der Waals surface area contributed by atoms with E-state index in [4.69, 9.17) is 0 Å². The van der Waals surface area contributed by atoms with Crippen LogP contribution in [0.1, 0.15) is 76.7 Å². The number of nitrogens with zero attached hydrogens (tertiary/aromatic N) is 2. The summed E-state index contributed by atoms with van der Waals surface area (Å²) in [4.78, 5) is 4.56. The molecule has 3 nitrogen and oxygen atoms in total. The molecule has 0 bridgehead atoms. The maximum Gasteiger partial charge on any atom is 0.203 e. The van der Waals surface area contributed by atoms with E-state index in [1.807, 2.05) is 6.20 Å². The largest absolute Gasteiger partial charge is 0.353 e. The van der Waals surface area contributed by atoms with Crippen molar-refractivity contribution in [3.05, 3.63) is 12.4 Å². The lowest BCUT2D eigenvalue weighted by atomic mass is 9.96. The fourth-order valence-electron chi connectivity index (χ4n) is 3.68. The minimum atomic E-state index is 0.662. The summed E-state index contributed by atoms with van der Waals surface area (Å²) in [6, 6.07) is 1.33. The van der Waals surface area contributed by atoms with Gasteiger partial charge in [0.15, 0.2) is 0 Å². The molecule has 0 atom stereocenters. The minimum Gasteiger partial charge on any atom is -0.353 e. The predicted octanol–water partition coefficient (Wildman–Crippen LogP) is 4.52. The number of hydrogen-bond acceptors (Lipinski definition) is 2. The van der Waals surface area contributed by atoms with Crippen molar-refractivity contribution in [2.75, 3.05) is 5.32 Å². The number of rotatable bonds is 3. The average molecular weight is 261 g/mol. The van der Waals surface area contributed by atoms with Gasteiger partial charge < -0.3 is 9.88 Å². The van der Waals surface area contributed by atoms with Crippen molar-refractivity contribution >= 4 is 5.95 Å². The fourth-order valence-corrected chi connectivity index (χ4v) is 3.68. The highest BCUT2D eigenvalue weighted by Gasteiger charge is 2.20. The first-order valence-corrected chi connectivity index (χ1v) is 8.23. The van der Waals surface area contributed by atoms with Crippen LogP contribution >= 0.6 is 0 Å². The zero-order valence-electron chi connectivity index (χ0n) is 12.0. The second-order valence-electron chi connectivity index (χ2n) is 6.28. The Morgan fingerprint density at radius 2 is 1.53 bits per heavy atom. The molecule has 0 aromatic carbocycles. The summed E-state index contributed by atoms with van der Waals surface area (Å²) in [7, 11) is 0. The normalized spacial score (nSPS) is 23.2. The van der Waals surface area contributed by atoms with E-state index in [0.717, 1.165) is 5.95 Å². The van der Waals surface area contributed by atoms with Gasteiger partial charge in [0.2, 0.25) is 5.95 Å². The highest BCUT2D eigenvalue weighted by atomic mass is 15.2. The molecule has 106 valence electrons. The topological polar surface area (TPSA) is 29.9 Å². The summed E-state index contributed by atoms with van der Waals surface area (Å²) in [6.45, 7) is 0. The highest BCUT2D eigenvalue weighted by Crippen LogP contribution is 2.30. The van der Waals surface area contributed by atoms with E-state index < -0.39 is 0 Å². The summed E-state index contributed by atoms with van der Waals surface area (Å²) in [5, 5.41) is 3.67. The SMILES string of the molecule is c1cn(C2CCCCCCC2)c(NC2CCCC2)n1. The standard InChI is InChI=1S/C16H27N3/c1-2-4-10-15(11-5-3-1)19-13-12-17-16(19)18-14-8-6-7-9-14/h12-15H,1-11H2,(H,17,18). The Bertz CT molecular complexity index is 371. The van der Waals surface area contributed by atoms with Crippen molar-refractivity contribution in [3.8, 4) is 0 Å². The molecule has 1 heterocycles. The van der Waals surface area contributed by atoms with Gasteiger partial charge in [0.1, 0.15) is 0 Å². The maximum absolute atomic E-state index is 4.56. The van der Waals surface area contributed by atoms with Crippen molar-refractivity contribution in [3.63, 3.8) is 0 Å². The molecule has 19 heavy (non-hydrogen) atoms. The van der Waals surface area contributed by atoms with Gasteiger partial charge in [-0.25, -0.2) is 4.98 Å². The van der Waals surface area contributed by atoms with Gasteiger partial charge in [-0.3, -0.25) is 0 Å². The molecular formula is C16H27N3. The molecule has 3 heteroatoms. The third-order valence-corrected chi connectivity index (χ3v) is 4.83. The first-order valence-electron chi connectivity index (χ1n) is 8.23. The Hall–Kier alpha value is -0.990. The minimum absolute atomic E-state index is 0.662. The van der Waals surface area contributed by atoms with Crippen molar-refractivity contribution in [1.82, 2.24) is 9.55 Å². The number of anilines is 1. The first-order chi connectivity index (χ1) is 9.43. The zero-order chi connectivity index (χ0) is 12.9. The van der Waals surface area contributed by atoms with Gasteiger partial charge in [-0.1, -0.05) is 44.9 Å². The fraction of sp³-hybridized carbons (Fsp3) is 0.812. The molecule has 0 saturated heterocycles. The van der Waals surface area contributed by atoms with Gasteiger partial charge in [-0.15, -0.1) is 0 Å². The Morgan fingerprint density at radius 1 is 0.895 bits per heavy atom. The van der Waals surface area contributed by atoms with Gasteiger partial charge >= 0.3 is 0 Å². The Morgan fingerprint density at radius 3 is 2.26 bits per heavy atom. The van der Waals surface area contributed by atoms with E-state index in [0.29, 0.717) is 12.1 Å². The smallest absolute Gasteiger partial charge is 0.203 e. The first kappa shape index (κ1) is 13.0. The number of aromatic nitrogens is 2. The van der Waals surface area contributed by atoms with E-state index in [2.05, 4.69) is 21.1 Å². The molecule has 0 aliphatic heterocycles. The third-order valence-electron chi connectivity index (χ3n) is 4.83. The lowest BCUT2D eigenvalue weighted by Crippen LogP contribution is -2.20. The molecule has 0 spiro atoms. The van der Waals surface area contributed by atoms with Gasteiger partial charge in [-0.2, -0.15) is 0 Å². The molecule has 2 fully saturated rings. The van der Waals surface area contributed by atoms with Gasteiger partial charge in [0.05, 0.1) is 0 Å². The molecule has 3 rings (SSSR count). The van der Waals surface area contributed by atoms with Crippen molar-refractivity contribution in [2.24, 2.45) is 0 Å². The van der Waals surface area contributed by atoms with Crippen molar-refractivity contribution < 1.29 is 0 Å². The van der Waals surface area contributed by atoms with Crippen LogP contribution < -0.4 is 5.32 Å². The quantitative estimate of drug-likeness (QED) is 0.866. The van der Waals surface area contributed by atoms with Crippen LogP contribution in [0.3, 0.4) is 0 Å². The molecule has 0 unspecified atom stereocenters. The van der Waals surface area contributed by atoms with Crippen LogP contribution in [0.15, 0.2) is 12.4 Å². The molecule has 2 aliphatic carbocycles. The van der Waals surface area contributed by atoms with Crippen LogP contribution in [-0.2, 0) is 0 Å². The molecule has 0 radical (unpaired) electrons. The van der Waals surface area contributed by atoms with E-state index >= 15 is 0 Å². The number of imidazole rings is 1. The number of hydrogen-bond donors (Lipinski definition) is 1.